The lowest BCUT2D eigenvalue weighted by atomic mass is 10.1. The van der Waals surface area contributed by atoms with Gasteiger partial charge in [0.1, 0.15) is 11.9 Å². The van der Waals surface area contributed by atoms with Gasteiger partial charge >= 0.3 is 0 Å². The molecule has 0 bridgehead atoms. The van der Waals surface area contributed by atoms with E-state index in [4.69, 9.17) is 15.2 Å². The van der Waals surface area contributed by atoms with E-state index >= 15 is 0 Å². The zero-order chi connectivity index (χ0) is 13.1. The number of ether oxygens (including phenoxy) is 2. The van der Waals surface area contributed by atoms with Crippen LogP contribution in [0.25, 0.3) is 0 Å². The Kier molecular flexibility index (Phi) is 3.49. The van der Waals surface area contributed by atoms with E-state index in [0.717, 1.165) is 23.5 Å². The van der Waals surface area contributed by atoms with Crippen LogP contribution < -0.4 is 10.5 Å². The normalized spacial score (nSPS) is 18.9. The van der Waals surface area contributed by atoms with Gasteiger partial charge in [0.15, 0.2) is 6.10 Å². The van der Waals surface area contributed by atoms with Crippen LogP contribution in [0.15, 0.2) is 54.6 Å². The van der Waals surface area contributed by atoms with Gasteiger partial charge in [0.2, 0.25) is 0 Å². The highest BCUT2D eigenvalue weighted by Gasteiger charge is 2.35. The summed E-state index contributed by atoms with van der Waals surface area (Å²) in [6.45, 7) is 1.28. The van der Waals surface area contributed by atoms with Crippen LogP contribution in [0, 0.1) is 0 Å². The second-order valence-corrected chi connectivity index (χ2v) is 4.67. The van der Waals surface area contributed by atoms with Crippen molar-refractivity contribution in [3.8, 4) is 5.75 Å². The molecule has 3 heteroatoms. The molecule has 1 fully saturated rings. The second-order valence-electron chi connectivity index (χ2n) is 4.67. The zero-order valence-corrected chi connectivity index (χ0v) is 10.7. The van der Waals surface area contributed by atoms with E-state index in [1.165, 1.54) is 0 Å². The standard InChI is InChI=1S/C16H17NO2/c17-10-12-5-4-8-14(9-12)19-16(15-11-18-15)13-6-2-1-3-7-13/h1-9,15-16H,10-11,17H2. The molecule has 0 aliphatic carbocycles. The van der Waals surface area contributed by atoms with Gasteiger partial charge < -0.3 is 15.2 Å². The molecule has 2 unspecified atom stereocenters. The van der Waals surface area contributed by atoms with Crippen molar-refractivity contribution in [1.29, 1.82) is 0 Å². The lowest BCUT2D eigenvalue weighted by Crippen LogP contribution is -2.14. The molecule has 0 spiro atoms. The first-order valence-electron chi connectivity index (χ1n) is 6.49. The van der Waals surface area contributed by atoms with Crippen LogP contribution in [-0.2, 0) is 11.3 Å². The lowest BCUT2D eigenvalue weighted by Gasteiger charge is -2.18. The van der Waals surface area contributed by atoms with Gasteiger partial charge in [0.25, 0.3) is 0 Å². The van der Waals surface area contributed by atoms with Crippen LogP contribution in [-0.4, -0.2) is 12.7 Å². The molecule has 19 heavy (non-hydrogen) atoms. The van der Waals surface area contributed by atoms with Gasteiger partial charge in [-0.3, -0.25) is 0 Å². The van der Waals surface area contributed by atoms with Gasteiger partial charge in [0.05, 0.1) is 6.61 Å². The maximum absolute atomic E-state index is 6.09. The number of hydrogen-bond donors (Lipinski definition) is 1. The van der Waals surface area contributed by atoms with E-state index < -0.39 is 0 Å². The molecule has 3 nitrogen and oxygen atoms in total. The van der Waals surface area contributed by atoms with Gasteiger partial charge in [0, 0.05) is 6.54 Å². The van der Waals surface area contributed by atoms with Gasteiger partial charge in [-0.05, 0) is 23.3 Å². The highest BCUT2D eigenvalue weighted by molar-refractivity contribution is 5.30. The van der Waals surface area contributed by atoms with Crippen LogP contribution in [0.4, 0.5) is 0 Å². The Balaban J connectivity index is 1.82. The van der Waals surface area contributed by atoms with E-state index in [0.29, 0.717) is 6.54 Å². The molecule has 0 radical (unpaired) electrons. The van der Waals surface area contributed by atoms with E-state index in [1.807, 2.05) is 42.5 Å². The summed E-state index contributed by atoms with van der Waals surface area (Å²) < 4.78 is 11.5. The average Bonchev–Trinajstić information content (AvgIpc) is 3.30. The summed E-state index contributed by atoms with van der Waals surface area (Å²) in [5.41, 5.74) is 7.86. The third-order valence-corrected chi connectivity index (χ3v) is 3.22. The Morgan fingerprint density at radius 1 is 1.16 bits per heavy atom. The fourth-order valence-electron chi connectivity index (χ4n) is 2.12. The third-order valence-electron chi connectivity index (χ3n) is 3.22. The van der Waals surface area contributed by atoms with Crippen LogP contribution in [0.5, 0.6) is 5.75 Å². The van der Waals surface area contributed by atoms with E-state index in [1.54, 1.807) is 0 Å². The summed E-state index contributed by atoms with van der Waals surface area (Å²) >= 11 is 0. The quantitative estimate of drug-likeness (QED) is 0.836. The highest BCUT2D eigenvalue weighted by Crippen LogP contribution is 2.32. The Morgan fingerprint density at radius 3 is 2.63 bits per heavy atom. The number of nitrogens with two attached hydrogens (primary N) is 1. The summed E-state index contributed by atoms with van der Waals surface area (Å²) in [5, 5.41) is 0. The minimum atomic E-state index is -0.0470. The topological polar surface area (TPSA) is 47.8 Å². The van der Waals surface area contributed by atoms with Crippen LogP contribution in [0.2, 0.25) is 0 Å². The molecule has 2 aromatic carbocycles. The molecule has 3 rings (SSSR count). The molecule has 2 atom stereocenters. The van der Waals surface area contributed by atoms with Gasteiger partial charge in [-0.2, -0.15) is 0 Å². The van der Waals surface area contributed by atoms with Crippen molar-refractivity contribution < 1.29 is 9.47 Å². The SMILES string of the molecule is NCc1cccc(OC(c2ccccc2)C2CO2)c1. The Hall–Kier alpha value is -1.84. The minimum absolute atomic E-state index is 0.0470. The van der Waals surface area contributed by atoms with E-state index in [-0.39, 0.29) is 12.2 Å². The summed E-state index contributed by atoms with van der Waals surface area (Å²) in [5.74, 6) is 0.840. The predicted octanol–water partition coefficient (Wildman–Crippen LogP) is 2.66. The first-order chi connectivity index (χ1) is 9.36. The molecule has 1 heterocycles. The molecule has 98 valence electrons. The monoisotopic (exact) mass is 255 g/mol. The second kappa shape index (κ2) is 5.43. The van der Waals surface area contributed by atoms with Crippen molar-refractivity contribution in [3.63, 3.8) is 0 Å². The molecule has 2 aromatic rings. The highest BCUT2D eigenvalue weighted by atomic mass is 16.6. The summed E-state index contributed by atoms with van der Waals surface area (Å²) in [6.07, 6.45) is 0.109. The maximum atomic E-state index is 6.09. The number of epoxide rings is 1. The van der Waals surface area contributed by atoms with E-state index in [2.05, 4.69) is 12.1 Å². The van der Waals surface area contributed by atoms with Gasteiger partial charge in [-0.15, -0.1) is 0 Å². The molecular formula is C16H17NO2. The van der Waals surface area contributed by atoms with Crippen molar-refractivity contribution in [3.05, 3.63) is 65.7 Å². The van der Waals surface area contributed by atoms with Gasteiger partial charge in [-0.1, -0.05) is 42.5 Å². The summed E-state index contributed by atoms with van der Waals surface area (Å²) in [6, 6.07) is 18.1. The molecule has 0 aromatic heterocycles. The molecule has 0 amide bonds. The van der Waals surface area contributed by atoms with Crippen molar-refractivity contribution in [2.24, 2.45) is 5.73 Å². The number of rotatable bonds is 5. The molecule has 1 aliphatic heterocycles. The molecule has 2 N–H and O–H groups in total. The zero-order valence-electron chi connectivity index (χ0n) is 10.7. The van der Waals surface area contributed by atoms with Crippen molar-refractivity contribution in [2.45, 2.75) is 18.8 Å². The van der Waals surface area contributed by atoms with Gasteiger partial charge in [-0.25, -0.2) is 0 Å². The molecule has 1 aliphatic rings. The van der Waals surface area contributed by atoms with E-state index in [9.17, 15) is 0 Å². The largest absolute Gasteiger partial charge is 0.483 e. The van der Waals surface area contributed by atoms with Crippen LogP contribution >= 0.6 is 0 Å². The van der Waals surface area contributed by atoms with Crippen LogP contribution in [0.3, 0.4) is 0 Å². The molecule has 0 saturated carbocycles. The average molecular weight is 255 g/mol. The first kappa shape index (κ1) is 12.2. The predicted molar refractivity (Wildman–Crippen MR) is 73.9 cm³/mol. The number of hydrogen-bond acceptors (Lipinski definition) is 3. The molecule has 1 saturated heterocycles. The first-order valence-corrected chi connectivity index (χ1v) is 6.49. The van der Waals surface area contributed by atoms with Crippen LogP contribution in [0.1, 0.15) is 17.2 Å². The van der Waals surface area contributed by atoms with Crippen molar-refractivity contribution >= 4 is 0 Å². The fraction of sp³-hybridized carbons (Fsp3) is 0.250. The maximum Gasteiger partial charge on any atom is 0.152 e. The number of benzene rings is 2. The minimum Gasteiger partial charge on any atom is -0.483 e. The summed E-state index contributed by atoms with van der Waals surface area (Å²) in [4.78, 5) is 0. The fourth-order valence-corrected chi connectivity index (χ4v) is 2.12. The Morgan fingerprint density at radius 2 is 1.95 bits per heavy atom. The molecular weight excluding hydrogens is 238 g/mol. The van der Waals surface area contributed by atoms with Crippen molar-refractivity contribution in [1.82, 2.24) is 0 Å². The lowest BCUT2D eigenvalue weighted by molar-refractivity contribution is 0.161. The third kappa shape index (κ3) is 2.95. The van der Waals surface area contributed by atoms with Crippen molar-refractivity contribution in [2.75, 3.05) is 6.61 Å². The Bertz CT molecular complexity index is 537. The Labute approximate surface area is 113 Å². The smallest absolute Gasteiger partial charge is 0.152 e. The summed E-state index contributed by atoms with van der Waals surface area (Å²) in [7, 11) is 0.